The van der Waals surface area contributed by atoms with Gasteiger partial charge in [0.15, 0.2) is 0 Å². The van der Waals surface area contributed by atoms with Crippen LogP contribution in [0.5, 0.6) is 0 Å². The minimum absolute atomic E-state index is 0.268. The molecule has 0 aliphatic heterocycles. The first kappa shape index (κ1) is 19.8. The van der Waals surface area contributed by atoms with Gasteiger partial charge in [-0.05, 0) is 78.7 Å². The Morgan fingerprint density at radius 2 is 1.34 bits per heavy atom. The lowest BCUT2D eigenvalue weighted by Gasteiger charge is -2.45. The third kappa shape index (κ3) is 2.82. The molecule has 0 saturated heterocycles. The van der Waals surface area contributed by atoms with Gasteiger partial charge in [0, 0.05) is 0 Å². The van der Waals surface area contributed by atoms with Crippen molar-refractivity contribution < 1.29 is 0 Å². The molecule has 2 atom stereocenters. The van der Waals surface area contributed by atoms with Crippen LogP contribution in [-0.2, 0) is 5.41 Å². The van der Waals surface area contributed by atoms with E-state index in [4.69, 9.17) is 0 Å². The molecule has 0 heteroatoms. The molecule has 32 heavy (non-hydrogen) atoms. The van der Waals surface area contributed by atoms with Crippen LogP contribution in [0.25, 0.3) is 43.1 Å². The molecule has 0 spiro atoms. The molecular formula is C32H32. The molecule has 1 saturated carbocycles. The second-order valence-corrected chi connectivity index (χ2v) is 10.5. The Kier molecular flexibility index (Phi) is 4.54. The van der Waals surface area contributed by atoms with Crippen molar-refractivity contribution in [3.8, 4) is 0 Å². The van der Waals surface area contributed by atoms with Crippen molar-refractivity contribution in [2.24, 2.45) is 11.8 Å². The quantitative estimate of drug-likeness (QED) is 0.251. The average molecular weight is 417 g/mol. The molecule has 0 amide bonds. The second-order valence-electron chi connectivity index (χ2n) is 10.5. The summed E-state index contributed by atoms with van der Waals surface area (Å²) in [6.45, 7) is 7.35. The number of hydrogen-bond donors (Lipinski definition) is 0. The van der Waals surface area contributed by atoms with Crippen LogP contribution in [-0.4, -0.2) is 0 Å². The zero-order valence-electron chi connectivity index (χ0n) is 19.5. The van der Waals surface area contributed by atoms with Crippen molar-refractivity contribution in [3.05, 3.63) is 84.4 Å². The van der Waals surface area contributed by atoms with Crippen molar-refractivity contribution >= 4 is 43.1 Å². The van der Waals surface area contributed by atoms with Crippen LogP contribution < -0.4 is 0 Å². The first-order valence-electron chi connectivity index (χ1n) is 12.3. The van der Waals surface area contributed by atoms with E-state index >= 15 is 0 Å². The molecule has 0 bridgehead atoms. The smallest absolute Gasteiger partial charge is 0.00151 e. The summed E-state index contributed by atoms with van der Waals surface area (Å²) >= 11 is 0. The number of rotatable bonds is 2. The van der Waals surface area contributed by atoms with E-state index in [1.54, 1.807) is 5.56 Å². The predicted molar refractivity (Wildman–Crippen MR) is 141 cm³/mol. The minimum Gasteiger partial charge on any atom is -0.0625 e. The van der Waals surface area contributed by atoms with Crippen molar-refractivity contribution in [1.82, 2.24) is 0 Å². The zero-order valence-corrected chi connectivity index (χ0v) is 19.5. The summed E-state index contributed by atoms with van der Waals surface area (Å²) in [7, 11) is 0. The first-order valence-corrected chi connectivity index (χ1v) is 12.3. The summed E-state index contributed by atoms with van der Waals surface area (Å²) in [4.78, 5) is 0. The zero-order chi connectivity index (χ0) is 21.9. The van der Waals surface area contributed by atoms with Crippen molar-refractivity contribution in [3.63, 3.8) is 0 Å². The Bertz CT molecular complexity index is 1470. The lowest BCUT2D eigenvalue weighted by molar-refractivity contribution is 0.175. The molecule has 160 valence electrons. The first-order chi connectivity index (χ1) is 15.6. The van der Waals surface area contributed by atoms with Gasteiger partial charge in [0.2, 0.25) is 0 Å². The molecule has 1 aliphatic rings. The Hall–Kier alpha value is -2.86. The maximum atomic E-state index is 2.46. The van der Waals surface area contributed by atoms with Gasteiger partial charge < -0.3 is 0 Å². The van der Waals surface area contributed by atoms with Gasteiger partial charge in [-0.25, -0.2) is 0 Å². The standard InChI is InChI=1S/C32H32/c1-21(2)32(19-7-8-22(3)20-32)30-12-6-10-24-14-16-28-27-15-13-23-9-4-5-11-25(23)26(27)17-18-29(28)31(24)30/h4-6,9-18,21-22H,7-8,19-20H2,1-3H3. The van der Waals surface area contributed by atoms with E-state index in [-0.39, 0.29) is 5.41 Å². The van der Waals surface area contributed by atoms with Crippen LogP contribution in [0.4, 0.5) is 0 Å². The Labute approximate surface area is 191 Å². The highest BCUT2D eigenvalue weighted by atomic mass is 14.4. The molecule has 5 aromatic carbocycles. The van der Waals surface area contributed by atoms with Crippen LogP contribution in [0.15, 0.2) is 78.9 Å². The van der Waals surface area contributed by atoms with Crippen LogP contribution in [0.2, 0.25) is 0 Å². The molecule has 0 heterocycles. The van der Waals surface area contributed by atoms with Gasteiger partial charge in [-0.1, -0.05) is 112 Å². The minimum atomic E-state index is 0.268. The third-order valence-electron chi connectivity index (χ3n) is 8.44. The summed E-state index contributed by atoms with van der Waals surface area (Å²) in [5.74, 6) is 1.43. The summed E-state index contributed by atoms with van der Waals surface area (Å²) < 4.78 is 0. The van der Waals surface area contributed by atoms with E-state index in [9.17, 15) is 0 Å². The van der Waals surface area contributed by atoms with Crippen molar-refractivity contribution in [2.45, 2.75) is 51.9 Å². The van der Waals surface area contributed by atoms with Gasteiger partial charge in [0.05, 0.1) is 0 Å². The molecule has 5 aromatic rings. The van der Waals surface area contributed by atoms with E-state index in [1.165, 1.54) is 68.8 Å². The van der Waals surface area contributed by atoms with Gasteiger partial charge in [-0.2, -0.15) is 0 Å². The van der Waals surface area contributed by atoms with Gasteiger partial charge in [0.1, 0.15) is 0 Å². The number of benzene rings is 5. The SMILES string of the molecule is CC1CCCC(c2cccc3ccc4c5ccc6ccccc6c5ccc4c23)(C(C)C)C1. The molecule has 2 unspecified atom stereocenters. The number of hydrogen-bond acceptors (Lipinski definition) is 0. The van der Waals surface area contributed by atoms with E-state index in [0.717, 1.165) is 5.92 Å². The molecule has 0 N–H and O–H groups in total. The molecule has 0 aromatic heterocycles. The van der Waals surface area contributed by atoms with Crippen LogP contribution in [0.1, 0.15) is 52.0 Å². The Morgan fingerprint density at radius 3 is 2.16 bits per heavy atom. The van der Waals surface area contributed by atoms with Crippen LogP contribution in [0, 0.1) is 11.8 Å². The maximum Gasteiger partial charge on any atom is -0.00151 e. The molecule has 6 rings (SSSR count). The second kappa shape index (κ2) is 7.34. The molecule has 0 radical (unpaired) electrons. The molecule has 0 nitrogen and oxygen atoms in total. The van der Waals surface area contributed by atoms with E-state index in [2.05, 4.69) is 99.6 Å². The Balaban J connectivity index is 1.72. The van der Waals surface area contributed by atoms with Crippen LogP contribution >= 0.6 is 0 Å². The summed E-state index contributed by atoms with van der Waals surface area (Å²) in [6, 6.07) is 29.9. The maximum absolute atomic E-state index is 2.46. The average Bonchev–Trinajstić information content (AvgIpc) is 2.82. The van der Waals surface area contributed by atoms with Gasteiger partial charge in [-0.15, -0.1) is 0 Å². The largest absolute Gasteiger partial charge is 0.0625 e. The fourth-order valence-corrected chi connectivity index (χ4v) is 6.78. The summed E-state index contributed by atoms with van der Waals surface area (Å²) in [6.07, 6.45) is 5.33. The van der Waals surface area contributed by atoms with Gasteiger partial charge in [0.25, 0.3) is 0 Å². The lowest BCUT2D eigenvalue weighted by atomic mass is 9.60. The Morgan fingerprint density at radius 1 is 0.688 bits per heavy atom. The predicted octanol–water partition coefficient (Wildman–Crippen LogP) is 9.40. The monoisotopic (exact) mass is 416 g/mol. The van der Waals surface area contributed by atoms with E-state index in [1.807, 2.05) is 0 Å². The normalized spacial score (nSPS) is 21.8. The summed E-state index contributed by atoms with van der Waals surface area (Å²) in [5, 5.41) is 11.1. The van der Waals surface area contributed by atoms with Crippen LogP contribution in [0.3, 0.4) is 0 Å². The van der Waals surface area contributed by atoms with Crippen molar-refractivity contribution in [2.75, 3.05) is 0 Å². The van der Waals surface area contributed by atoms with E-state index in [0.29, 0.717) is 5.92 Å². The fraction of sp³-hybridized carbons (Fsp3) is 0.312. The topological polar surface area (TPSA) is 0 Å². The molecular weight excluding hydrogens is 384 g/mol. The van der Waals surface area contributed by atoms with Crippen molar-refractivity contribution in [1.29, 1.82) is 0 Å². The highest BCUT2D eigenvalue weighted by Gasteiger charge is 2.40. The fourth-order valence-electron chi connectivity index (χ4n) is 6.78. The highest BCUT2D eigenvalue weighted by Crippen LogP contribution is 2.50. The van der Waals surface area contributed by atoms with Gasteiger partial charge >= 0.3 is 0 Å². The van der Waals surface area contributed by atoms with E-state index < -0.39 is 0 Å². The molecule has 1 fully saturated rings. The summed E-state index contributed by atoms with van der Waals surface area (Å²) in [5.41, 5.74) is 1.85. The third-order valence-corrected chi connectivity index (χ3v) is 8.44. The van der Waals surface area contributed by atoms with Gasteiger partial charge in [-0.3, -0.25) is 0 Å². The molecule has 1 aliphatic carbocycles. The lowest BCUT2D eigenvalue weighted by Crippen LogP contribution is -2.37. The highest BCUT2D eigenvalue weighted by molar-refractivity contribution is 6.22. The number of fused-ring (bicyclic) bond motifs is 7.